The number of hydrogen-bond acceptors (Lipinski definition) is 1. The summed E-state index contributed by atoms with van der Waals surface area (Å²) in [4.78, 5) is 4.63. The van der Waals surface area contributed by atoms with Gasteiger partial charge < -0.3 is 4.57 Å². The first kappa shape index (κ1) is 14.8. The Labute approximate surface area is 130 Å². The molecule has 21 heavy (non-hydrogen) atoms. The molecule has 1 atom stereocenters. The molecule has 1 saturated carbocycles. The lowest BCUT2D eigenvalue weighted by Crippen LogP contribution is -2.24. The molecule has 0 bridgehead atoms. The van der Waals surface area contributed by atoms with Crippen LogP contribution in [0.4, 0.5) is 4.39 Å². The molecule has 1 fully saturated rings. The molecular weight excluding hydrogens is 287 g/mol. The van der Waals surface area contributed by atoms with Crippen LogP contribution in [0.25, 0.3) is 11.0 Å². The summed E-state index contributed by atoms with van der Waals surface area (Å²) >= 11 is 6.32. The first-order valence-electron chi connectivity index (χ1n) is 7.84. The summed E-state index contributed by atoms with van der Waals surface area (Å²) in [6.07, 6.45) is 6.22. The maximum absolute atomic E-state index is 13.6. The van der Waals surface area contributed by atoms with E-state index in [0.29, 0.717) is 5.41 Å². The van der Waals surface area contributed by atoms with Crippen LogP contribution in [0.15, 0.2) is 18.2 Å². The van der Waals surface area contributed by atoms with E-state index in [2.05, 4.69) is 16.5 Å². The molecule has 0 saturated heterocycles. The maximum Gasteiger partial charge on any atom is 0.127 e. The van der Waals surface area contributed by atoms with E-state index in [1.165, 1.54) is 31.7 Å². The Morgan fingerprint density at radius 3 is 2.71 bits per heavy atom. The van der Waals surface area contributed by atoms with Crippen LogP contribution in [0.2, 0.25) is 0 Å². The van der Waals surface area contributed by atoms with Crippen molar-refractivity contribution in [2.75, 3.05) is 0 Å². The summed E-state index contributed by atoms with van der Waals surface area (Å²) in [6.45, 7) is 5.09. The van der Waals surface area contributed by atoms with Gasteiger partial charge in [0.15, 0.2) is 0 Å². The minimum Gasteiger partial charge on any atom is -0.326 e. The van der Waals surface area contributed by atoms with Crippen LogP contribution < -0.4 is 0 Å². The van der Waals surface area contributed by atoms with E-state index >= 15 is 0 Å². The van der Waals surface area contributed by atoms with Gasteiger partial charge in [-0.15, -0.1) is 11.6 Å². The minimum atomic E-state index is -0.214. The van der Waals surface area contributed by atoms with E-state index in [-0.39, 0.29) is 11.2 Å². The summed E-state index contributed by atoms with van der Waals surface area (Å²) in [5.41, 5.74) is 2.03. The van der Waals surface area contributed by atoms with Crippen molar-refractivity contribution in [1.82, 2.24) is 9.55 Å². The van der Waals surface area contributed by atoms with Gasteiger partial charge in [-0.1, -0.05) is 19.8 Å². The van der Waals surface area contributed by atoms with Crippen LogP contribution in [-0.2, 0) is 6.54 Å². The lowest BCUT2D eigenvalue weighted by molar-refractivity contribution is 0.237. The van der Waals surface area contributed by atoms with E-state index in [9.17, 15) is 4.39 Å². The van der Waals surface area contributed by atoms with Gasteiger partial charge in [-0.3, -0.25) is 0 Å². The highest BCUT2D eigenvalue weighted by Gasteiger charge is 2.34. The van der Waals surface area contributed by atoms with Crippen LogP contribution in [0.1, 0.15) is 57.2 Å². The fourth-order valence-electron chi connectivity index (χ4n) is 3.67. The standard InChI is InChI=1S/C17H22ClFN2/c1-3-17(8-4-5-9-17)11-21-15-10-13(19)6-7-14(15)20-16(21)12(2)18/h6-7,10,12H,3-5,8-9,11H2,1-2H3. The Morgan fingerprint density at radius 2 is 2.10 bits per heavy atom. The monoisotopic (exact) mass is 308 g/mol. The zero-order valence-electron chi connectivity index (χ0n) is 12.7. The summed E-state index contributed by atoms with van der Waals surface area (Å²) < 4.78 is 15.8. The number of hydrogen-bond donors (Lipinski definition) is 0. The molecule has 0 N–H and O–H groups in total. The lowest BCUT2D eigenvalue weighted by atomic mass is 9.83. The third kappa shape index (κ3) is 2.68. The molecule has 1 aromatic heterocycles. The van der Waals surface area contributed by atoms with Gasteiger partial charge in [-0.25, -0.2) is 9.37 Å². The SMILES string of the molecule is CCC1(Cn2c(C(C)Cl)nc3ccc(F)cc32)CCCC1. The molecule has 0 spiro atoms. The molecule has 0 amide bonds. The van der Waals surface area contributed by atoms with Gasteiger partial charge in [0.1, 0.15) is 11.6 Å². The fraction of sp³-hybridized carbons (Fsp3) is 0.588. The first-order chi connectivity index (χ1) is 10.0. The molecule has 114 valence electrons. The third-order valence-corrected chi connectivity index (χ3v) is 5.20. The van der Waals surface area contributed by atoms with Crippen molar-refractivity contribution in [3.8, 4) is 0 Å². The van der Waals surface area contributed by atoms with Gasteiger partial charge in [0, 0.05) is 6.54 Å². The first-order valence-corrected chi connectivity index (χ1v) is 8.28. The quantitative estimate of drug-likeness (QED) is 0.687. The van der Waals surface area contributed by atoms with E-state index < -0.39 is 0 Å². The Morgan fingerprint density at radius 1 is 1.38 bits per heavy atom. The molecule has 0 aliphatic heterocycles. The molecule has 1 aliphatic rings. The zero-order chi connectivity index (χ0) is 15.0. The second kappa shape index (κ2) is 5.60. The number of alkyl halides is 1. The second-order valence-corrected chi connectivity index (χ2v) is 7.02. The predicted molar refractivity (Wildman–Crippen MR) is 85.2 cm³/mol. The van der Waals surface area contributed by atoms with Crippen LogP contribution in [0.5, 0.6) is 0 Å². The zero-order valence-corrected chi connectivity index (χ0v) is 13.5. The molecule has 3 rings (SSSR count). The highest BCUT2D eigenvalue weighted by Crippen LogP contribution is 2.43. The van der Waals surface area contributed by atoms with Crippen molar-refractivity contribution in [2.24, 2.45) is 5.41 Å². The van der Waals surface area contributed by atoms with E-state index in [0.717, 1.165) is 29.8 Å². The molecule has 1 heterocycles. The maximum atomic E-state index is 13.6. The Hall–Kier alpha value is -1.09. The highest BCUT2D eigenvalue weighted by atomic mass is 35.5. The molecular formula is C17H22ClFN2. The van der Waals surface area contributed by atoms with Crippen molar-refractivity contribution in [3.05, 3.63) is 29.8 Å². The van der Waals surface area contributed by atoms with Gasteiger partial charge in [-0.05, 0) is 49.8 Å². The van der Waals surface area contributed by atoms with Gasteiger partial charge in [0.25, 0.3) is 0 Å². The van der Waals surface area contributed by atoms with Crippen molar-refractivity contribution in [3.63, 3.8) is 0 Å². The normalized spacial score (nSPS) is 19.2. The average Bonchev–Trinajstić information content (AvgIpc) is 3.05. The highest BCUT2D eigenvalue weighted by molar-refractivity contribution is 6.20. The van der Waals surface area contributed by atoms with Crippen LogP contribution in [0, 0.1) is 11.2 Å². The number of nitrogens with zero attached hydrogens (tertiary/aromatic N) is 2. The van der Waals surface area contributed by atoms with Crippen LogP contribution >= 0.6 is 11.6 Å². The summed E-state index contributed by atoms with van der Waals surface area (Å²) in [6, 6.07) is 4.80. The van der Waals surface area contributed by atoms with Crippen molar-refractivity contribution in [2.45, 2.75) is 57.9 Å². The van der Waals surface area contributed by atoms with Gasteiger partial charge >= 0.3 is 0 Å². The van der Waals surface area contributed by atoms with E-state index in [1.54, 1.807) is 12.1 Å². The van der Waals surface area contributed by atoms with Crippen molar-refractivity contribution in [1.29, 1.82) is 0 Å². The Bertz CT molecular complexity index is 642. The smallest absolute Gasteiger partial charge is 0.127 e. The number of imidazole rings is 1. The van der Waals surface area contributed by atoms with Gasteiger partial charge in [0.2, 0.25) is 0 Å². The molecule has 0 radical (unpaired) electrons. The Balaban J connectivity index is 2.10. The molecule has 2 aromatic rings. The van der Waals surface area contributed by atoms with Gasteiger partial charge in [0.05, 0.1) is 16.4 Å². The largest absolute Gasteiger partial charge is 0.326 e. The van der Waals surface area contributed by atoms with Crippen molar-refractivity contribution < 1.29 is 4.39 Å². The van der Waals surface area contributed by atoms with E-state index in [1.807, 2.05) is 6.92 Å². The number of fused-ring (bicyclic) bond motifs is 1. The minimum absolute atomic E-state index is 0.171. The number of halogens is 2. The second-order valence-electron chi connectivity index (χ2n) is 6.37. The number of aromatic nitrogens is 2. The predicted octanol–water partition coefficient (Wildman–Crippen LogP) is 5.45. The Kier molecular flexibility index (Phi) is 3.96. The molecule has 1 aliphatic carbocycles. The molecule has 4 heteroatoms. The van der Waals surface area contributed by atoms with Crippen molar-refractivity contribution >= 4 is 22.6 Å². The molecule has 1 unspecified atom stereocenters. The summed E-state index contributed by atoms with van der Waals surface area (Å²) in [5.74, 6) is 0.645. The lowest BCUT2D eigenvalue weighted by Gasteiger charge is -2.29. The molecule has 2 nitrogen and oxygen atoms in total. The van der Waals surface area contributed by atoms with E-state index in [4.69, 9.17) is 11.6 Å². The van der Waals surface area contributed by atoms with Crippen LogP contribution in [-0.4, -0.2) is 9.55 Å². The third-order valence-electron chi connectivity index (χ3n) is 5.00. The molecule has 1 aromatic carbocycles. The number of benzene rings is 1. The topological polar surface area (TPSA) is 17.8 Å². The van der Waals surface area contributed by atoms with Gasteiger partial charge in [-0.2, -0.15) is 0 Å². The summed E-state index contributed by atoms with van der Waals surface area (Å²) in [5, 5.41) is -0.171. The summed E-state index contributed by atoms with van der Waals surface area (Å²) in [7, 11) is 0. The fourth-order valence-corrected chi connectivity index (χ4v) is 3.83. The van der Waals surface area contributed by atoms with Crippen LogP contribution in [0.3, 0.4) is 0 Å². The number of rotatable bonds is 4. The average molecular weight is 309 g/mol.